The summed E-state index contributed by atoms with van der Waals surface area (Å²) in [5.74, 6) is 3.17. The first-order valence-corrected chi connectivity index (χ1v) is 20.2. The fourth-order valence-corrected chi connectivity index (χ4v) is 11.3. The number of aliphatic imine (C=N–C) groups is 1. The van der Waals surface area contributed by atoms with Crippen LogP contribution in [0.2, 0.25) is 0 Å². The molecule has 5 aliphatic carbocycles. The summed E-state index contributed by atoms with van der Waals surface area (Å²) >= 11 is 0. The lowest BCUT2D eigenvalue weighted by Gasteiger charge is -2.35. The Labute approximate surface area is 313 Å². The molecule has 4 aromatic carbocycles. The zero-order chi connectivity index (χ0) is 35.0. The molecule has 0 bridgehead atoms. The first-order chi connectivity index (χ1) is 26.3. The summed E-state index contributed by atoms with van der Waals surface area (Å²) < 4.78 is 2.75. The summed E-state index contributed by atoms with van der Waals surface area (Å²) in [6.45, 7) is 2.38. The van der Waals surface area contributed by atoms with Crippen molar-refractivity contribution in [2.45, 2.75) is 57.4 Å². The van der Waals surface area contributed by atoms with Crippen LogP contribution in [0.1, 0.15) is 84.5 Å². The van der Waals surface area contributed by atoms with E-state index < -0.39 is 0 Å². The first kappa shape index (κ1) is 31.3. The number of allylic oxidation sites excluding steroid dienone is 8. The highest BCUT2D eigenvalue weighted by Crippen LogP contribution is 2.64. The van der Waals surface area contributed by atoms with Gasteiger partial charge in [0.15, 0.2) is 0 Å². The molecule has 1 aromatic heterocycles. The van der Waals surface area contributed by atoms with Crippen LogP contribution in [0.25, 0.3) is 28.2 Å². The van der Waals surface area contributed by atoms with Gasteiger partial charge in [0.25, 0.3) is 0 Å². The van der Waals surface area contributed by atoms with Crippen molar-refractivity contribution in [3.63, 3.8) is 0 Å². The summed E-state index contributed by atoms with van der Waals surface area (Å²) in [4.78, 5) is 5.56. The van der Waals surface area contributed by atoms with Crippen LogP contribution in [0.4, 0.5) is 0 Å². The lowest BCUT2D eigenvalue weighted by atomic mass is 9.72. The quantitative estimate of drug-likeness (QED) is 0.175. The van der Waals surface area contributed by atoms with Crippen molar-refractivity contribution in [2.24, 2.45) is 34.6 Å². The molecule has 0 N–H and O–H groups in total. The Morgan fingerprint density at radius 3 is 2.47 bits per heavy atom. The highest BCUT2D eigenvalue weighted by atomic mass is 15.0. The van der Waals surface area contributed by atoms with E-state index in [4.69, 9.17) is 4.99 Å². The van der Waals surface area contributed by atoms with Crippen LogP contribution in [0.5, 0.6) is 0 Å². The number of benzene rings is 4. The predicted octanol–water partition coefficient (Wildman–Crippen LogP) is 12.4. The van der Waals surface area contributed by atoms with Crippen LogP contribution in [0.3, 0.4) is 0 Å². The predicted molar refractivity (Wildman–Crippen MR) is 221 cm³/mol. The van der Waals surface area contributed by atoms with Crippen LogP contribution in [0.15, 0.2) is 156 Å². The Hall–Kier alpha value is -5.21. The zero-order valence-corrected chi connectivity index (χ0v) is 30.5. The normalized spacial score (nSPS) is 28.1. The van der Waals surface area contributed by atoms with Gasteiger partial charge in [-0.3, -0.25) is 4.99 Å². The Kier molecular flexibility index (Phi) is 7.36. The number of aromatic nitrogens is 1. The lowest BCUT2D eigenvalue weighted by molar-refractivity contribution is 0.422. The molecule has 11 rings (SSSR count). The molecule has 1 fully saturated rings. The molecule has 2 heterocycles. The first-order valence-electron chi connectivity index (χ1n) is 20.2. The standard InChI is InChI=1S/C51H46N2/c1-2-34-45(31-46(32-16-5-3-6-17-32)52-50(34)33-18-7-4-8-19-33)37-28-29-41-44-30-43(44)36-24-15-25-42(36)51(49(41)40-23-10-9-20-35(37)40)53-47-26-13-11-21-38(47)39-22-12-14-27-48(39)53/h3-13,15-26,31,34,36-37,41,43-44,50H,2,14,27-30H2,1H3/t34?,36-,37?,41?,43?,44?,50?/m1/s1. The molecule has 0 radical (unpaired) electrons. The summed E-state index contributed by atoms with van der Waals surface area (Å²) in [5, 5.41) is 1.39. The Morgan fingerprint density at radius 2 is 1.60 bits per heavy atom. The molecule has 0 saturated heterocycles. The second-order valence-corrected chi connectivity index (χ2v) is 16.2. The minimum absolute atomic E-state index is 0.0983. The van der Waals surface area contributed by atoms with Gasteiger partial charge in [0.1, 0.15) is 0 Å². The van der Waals surface area contributed by atoms with E-state index in [0.717, 1.165) is 36.8 Å². The van der Waals surface area contributed by atoms with E-state index in [9.17, 15) is 0 Å². The van der Waals surface area contributed by atoms with E-state index >= 15 is 0 Å². The lowest BCUT2D eigenvalue weighted by Crippen LogP contribution is -2.24. The molecule has 0 amide bonds. The fraction of sp³-hybridized carbons (Fsp3) is 0.275. The van der Waals surface area contributed by atoms with Crippen LogP contribution in [0, 0.1) is 29.6 Å². The molecule has 6 aliphatic rings. The van der Waals surface area contributed by atoms with Gasteiger partial charge in [0.2, 0.25) is 0 Å². The fourth-order valence-electron chi connectivity index (χ4n) is 11.3. The molecule has 5 aromatic rings. The van der Waals surface area contributed by atoms with Crippen molar-refractivity contribution < 1.29 is 0 Å². The average Bonchev–Trinajstić information content (AvgIpc) is 3.81. The third kappa shape index (κ3) is 4.87. The zero-order valence-electron chi connectivity index (χ0n) is 30.5. The molecule has 2 nitrogen and oxygen atoms in total. The van der Waals surface area contributed by atoms with Crippen molar-refractivity contribution >= 4 is 34.0 Å². The third-order valence-electron chi connectivity index (χ3n) is 13.6. The number of para-hydroxylation sites is 1. The monoisotopic (exact) mass is 686 g/mol. The molecule has 260 valence electrons. The number of hydrogen-bond acceptors (Lipinski definition) is 1. The van der Waals surface area contributed by atoms with E-state index in [0.29, 0.717) is 23.7 Å². The molecule has 1 saturated carbocycles. The largest absolute Gasteiger partial charge is 0.312 e. The van der Waals surface area contributed by atoms with Crippen LogP contribution < -0.4 is 0 Å². The minimum Gasteiger partial charge on any atom is -0.312 e. The number of fused-ring (bicyclic) bond motifs is 10. The van der Waals surface area contributed by atoms with Crippen molar-refractivity contribution in [3.8, 4) is 0 Å². The van der Waals surface area contributed by atoms with E-state index in [-0.39, 0.29) is 6.04 Å². The Balaban J connectivity index is 1.16. The van der Waals surface area contributed by atoms with E-state index in [2.05, 4.69) is 157 Å². The number of nitrogens with zero attached hydrogens (tertiary/aromatic N) is 2. The molecule has 1 aliphatic heterocycles. The van der Waals surface area contributed by atoms with Gasteiger partial charge in [0, 0.05) is 34.4 Å². The van der Waals surface area contributed by atoms with Crippen LogP contribution in [-0.2, 0) is 6.42 Å². The Morgan fingerprint density at radius 1 is 0.811 bits per heavy atom. The van der Waals surface area contributed by atoms with Gasteiger partial charge < -0.3 is 4.57 Å². The SMILES string of the molecule is CCC1C(C2CCC3C(=C(n4c5c(c6ccccc64)C=CCC5)C4=CC=C[C@H]4C4CC34)c3ccccc32)=CC(c2ccccc2)=NC1c1ccccc1. The maximum Gasteiger partial charge on any atom is 0.0821 e. The maximum atomic E-state index is 5.56. The van der Waals surface area contributed by atoms with Gasteiger partial charge in [-0.15, -0.1) is 0 Å². The second-order valence-electron chi connectivity index (χ2n) is 16.2. The smallest absolute Gasteiger partial charge is 0.0821 e. The number of hydrogen-bond donors (Lipinski definition) is 0. The molecular weight excluding hydrogens is 641 g/mol. The van der Waals surface area contributed by atoms with Crippen molar-refractivity contribution in [2.75, 3.05) is 0 Å². The summed E-state index contributed by atoms with van der Waals surface area (Å²) in [6.07, 6.45) is 21.6. The van der Waals surface area contributed by atoms with Gasteiger partial charge >= 0.3 is 0 Å². The molecule has 2 heteroatoms. The molecule has 53 heavy (non-hydrogen) atoms. The highest BCUT2D eigenvalue weighted by Gasteiger charge is 2.54. The van der Waals surface area contributed by atoms with Gasteiger partial charge in [-0.25, -0.2) is 0 Å². The minimum atomic E-state index is 0.0983. The summed E-state index contributed by atoms with van der Waals surface area (Å²) in [5.41, 5.74) is 17.2. The van der Waals surface area contributed by atoms with E-state index in [1.54, 1.807) is 16.7 Å². The molecular formula is C51H46N2. The molecule has 0 spiro atoms. The van der Waals surface area contributed by atoms with Crippen LogP contribution in [-0.4, -0.2) is 10.3 Å². The van der Waals surface area contributed by atoms with Crippen LogP contribution >= 0.6 is 0 Å². The number of rotatable bonds is 5. The second kappa shape index (κ2) is 12.4. The van der Waals surface area contributed by atoms with E-state index in [1.165, 1.54) is 69.4 Å². The van der Waals surface area contributed by atoms with Gasteiger partial charge in [-0.05, 0) is 102 Å². The van der Waals surface area contributed by atoms with Gasteiger partial charge in [0.05, 0.1) is 23.0 Å². The van der Waals surface area contributed by atoms with Gasteiger partial charge in [-0.1, -0.05) is 146 Å². The maximum absolute atomic E-state index is 5.56. The van der Waals surface area contributed by atoms with Crippen molar-refractivity contribution in [3.05, 3.63) is 184 Å². The summed E-state index contributed by atoms with van der Waals surface area (Å²) in [6, 6.07) is 40.9. The third-order valence-corrected chi connectivity index (χ3v) is 13.6. The highest BCUT2D eigenvalue weighted by molar-refractivity contribution is 6.10. The topological polar surface area (TPSA) is 17.3 Å². The average molecular weight is 687 g/mol. The van der Waals surface area contributed by atoms with Gasteiger partial charge in [-0.2, -0.15) is 0 Å². The summed E-state index contributed by atoms with van der Waals surface area (Å²) in [7, 11) is 0. The van der Waals surface area contributed by atoms with E-state index in [1.807, 2.05) is 0 Å². The molecule has 6 unspecified atom stereocenters. The van der Waals surface area contributed by atoms with Crippen molar-refractivity contribution in [1.29, 1.82) is 0 Å². The Bertz CT molecular complexity index is 2450. The number of dihydropyridines is 1. The molecule has 7 atom stereocenters. The van der Waals surface area contributed by atoms with Crippen molar-refractivity contribution in [1.82, 2.24) is 4.57 Å².